The van der Waals surface area contributed by atoms with E-state index in [1.54, 1.807) is 0 Å². The summed E-state index contributed by atoms with van der Waals surface area (Å²) < 4.78 is 0. The van der Waals surface area contributed by atoms with Crippen LogP contribution in [0.2, 0.25) is 0 Å². The molecule has 10 heavy (non-hydrogen) atoms. The largest absolute Gasteiger partial charge is 0.465 e. The van der Waals surface area contributed by atoms with Gasteiger partial charge in [0.05, 0.1) is 0 Å². The van der Waals surface area contributed by atoms with E-state index >= 15 is 0 Å². The quantitative estimate of drug-likeness (QED) is 0.489. The normalized spacial score (nSPS) is 32.1. The average molecular weight is 144 g/mol. The molecule has 0 aromatic heterocycles. The molecular formula is C6H12N2O2. The van der Waals surface area contributed by atoms with Crippen molar-refractivity contribution in [3.05, 3.63) is 0 Å². The third-order valence-corrected chi connectivity index (χ3v) is 1.88. The lowest BCUT2D eigenvalue weighted by atomic mass is 10.2. The second kappa shape index (κ2) is 2.88. The second-order valence-corrected chi connectivity index (χ2v) is 2.65. The van der Waals surface area contributed by atoms with Gasteiger partial charge in [-0.25, -0.2) is 4.79 Å². The van der Waals surface area contributed by atoms with Gasteiger partial charge >= 0.3 is 6.09 Å². The number of hydrogen-bond donors (Lipinski definition) is 3. The van der Waals surface area contributed by atoms with E-state index in [1.165, 1.54) is 0 Å². The van der Waals surface area contributed by atoms with Crippen LogP contribution >= 0.6 is 0 Å². The van der Waals surface area contributed by atoms with Gasteiger partial charge < -0.3 is 16.2 Å². The standard InChI is InChI=1S/C6H12N2O2/c7-4-2-1-3-5(4)8-6(9)10/h4-5,8H,1-3,7H2,(H,9,10)/t4-,5+/m1/s1. The summed E-state index contributed by atoms with van der Waals surface area (Å²) in [5.41, 5.74) is 5.60. The van der Waals surface area contributed by atoms with Crippen molar-refractivity contribution in [3.8, 4) is 0 Å². The fourth-order valence-electron chi connectivity index (χ4n) is 1.33. The van der Waals surface area contributed by atoms with Gasteiger partial charge in [-0.3, -0.25) is 0 Å². The highest BCUT2D eigenvalue weighted by molar-refractivity contribution is 5.65. The Balaban J connectivity index is 2.33. The lowest BCUT2D eigenvalue weighted by Gasteiger charge is -2.13. The summed E-state index contributed by atoms with van der Waals surface area (Å²) in [6.45, 7) is 0. The van der Waals surface area contributed by atoms with Crippen LogP contribution in [-0.4, -0.2) is 23.3 Å². The fraction of sp³-hybridized carbons (Fsp3) is 0.833. The zero-order valence-corrected chi connectivity index (χ0v) is 5.71. The van der Waals surface area contributed by atoms with E-state index in [9.17, 15) is 4.79 Å². The van der Waals surface area contributed by atoms with E-state index in [4.69, 9.17) is 10.8 Å². The molecule has 0 bridgehead atoms. The van der Waals surface area contributed by atoms with E-state index in [0.29, 0.717) is 0 Å². The van der Waals surface area contributed by atoms with Crippen molar-refractivity contribution in [1.82, 2.24) is 5.32 Å². The Morgan fingerprint density at radius 3 is 2.70 bits per heavy atom. The summed E-state index contributed by atoms with van der Waals surface area (Å²) in [4.78, 5) is 10.1. The maximum Gasteiger partial charge on any atom is 0.404 e. The molecule has 58 valence electrons. The lowest BCUT2D eigenvalue weighted by Crippen LogP contribution is -2.43. The third kappa shape index (κ3) is 1.60. The Kier molecular flexibility index (Phi) is 2.11. The molecule has 2 atom stereocenters. The maximum absolute atomic E-state index is 10.1. The molecule has 0 radical (unpaired) electrons. The minimum atomic E-state index is -0.970. The van der Waals surface area contributed by atoms with Gasteiger partial charge in [-0.15, -0.1) is 0 Å². The second-order valence-electron chi connectivity index (χ2n) is 2.65. The van der Waals surface area contributed by atoms with E-state index < -0.39 is 6.09 Å². The SMILES string of the molecule is N[C@@H]1CCC[C@@H]1NC(=O)O. The molecule has 0 heterocycles. The molecule has 1 aliphatic rings. The molecule has 4 N–H and O–H groups in total. The molecule has 0 unspecified atom stereocenters. The van der Waals surface area contributed by atoms with Crippen molar-refractivity contribution < 1.29 is 9.90 Å². The molecule has 4 nitrogen and oxygen atoms in total. The van der Waals surface area contributed by atoms with Crippen molar-refractivity contribution in [1.29, 1.82) is 0 Å². The highest BCUT2D eigenvalue weighted by Crippen LogP contribution is 2.16. The molecular weight excluding hydrogens is 132 g/mol. The summed E-state index contributed by atoms with van der Waals surface area (Å²) in [5, 5.41) is 10.7. The van der Waals surface area contributed by atoms with Crippen molar-refractivity contribution in [2.75, 3.05) is 0 Å². The van der Waals surface area contributed by atoms with Gasteiger partial charge in [0, 0.05) is 12.1 Å². The van der Waals surface area contributed by atoms with E-state index in [0.717, 1.165) is 19.3 Å². The van der Waals surface area contributed by atoms with Gasteiger partial charge in [-0.2, -0.15) is 0 Å². The van der Waals surface area contributed by atoms with Crippen molar-refractivity contribution in [2.45, 2.75) is 31.3 Å². The Hall–Kier alpha value is -0.770. The van der Waals surface area contributed by atoms with Crippen LogP contribution in [-0.2, 0) is 0 Å². The first-order valence-corrected chi connectivity index (χ1v) is 3.45. The highest BCUT2D eigenvalue weighted by Gasteiger charge is 2.24. The van der Waals surface area contributed by atoms with Crippen LogP contribution in [0.3, 0.4) is 0 Å². The fourth-order valence-corrected chi connectivity index (χ4v) is 1.33. The predicted molar refractivity (Wildman–Crippen MR) is 36.8 cm³/mol. The molecule has 1 amide bonds. The van der Waals surface area contributed by atoms with Gasteiger partial charge in [0.15, 0.2) is 0 Å². The minimum Gasteiger partial charge on any atom is -0.465 e. The summed E-state index contributed by atoms with van der Waals surface area (Å²) in [6.07, 6.45) is 1.88. The van der Waals surface area contributed by atoms with Gasteiger partial charge in [-0.1, -0.05) is 0 Å². The van der Waals surface area contributed by atoms with Crippen LogP contribution in [0.1, 0.15) is 19.3 Å². The molecule has 4 heteroatoms. The highest BCUT2D eigenvalue weighted by atomic mass is 16.4. The molecule has 0 spiro atoms. The molecule has 0 saturated heterocycles. The van der Waals surface area contributed by atoms with Crippen molar-refractivity contribution in [2.24, 2.45) is 5.73 Å². The molecule has 1 aliphatic carbocycles. The molecule has 1 saturated carbocycles. The van der Waals surface area contributed by atoms with E-state index in [2.05, 4.69) is 5.32 Å². The Bertz CT molecular complexity index is 138. The van der Waals surface area contributed by atoms with Gasteiger partial charge in [0.25, 0.3) is 0 Å². The first kappa shape index (κ1) is 7.34. The smallest absolute Gasteiger partial charge is 0.404 e. The first-order chi connectivity index (χ1) is 4.70. The van der Waals surface area contributed by atoms with Crippen LogP contribution in [0.25, 0.3) is 0 Å². The van der Waals surface area contributed by atoms with Crippen LogP contribution < -0.4 is 11.1 Å². The number of hydrogen-bond acceptors (Lipinski definition) is 2. The molecule has 1 fully saturated rings. The Morgan fingerprint density at radius 1 is 1.60 bits per heavy atom. The molecule has 0 aromatic rings. The van der Waals surface area contributed by atoms with Crippen LogP contribution in [0.5, 0.6) is 0 Å². The first-order valence-electron chi connectivity index (χ1n) is 3.45. The number of carboxylic acid groups (broad SMARTS) is 1. The van der Waals surface area contributed by atoms with Gasteiger partial charge in [0.2, 0.25) is 0 Å². The van der Waals surface area contributed by atoms with Crippen LogP contribution in [0, 0.1) is 0 Å². The van der Waals surface area contributed by atoms with Gasteiger partial charge in [-0.05, 0) is 19.3 Å². The third-order valence-electron chi connectivity index (χ3n) is 1.88. The van der Waals surface area contributed by atoms with Crippen molar-refractivity contribution in [3.63, 3.8) is 0 Å². The number of rotatable bonds is 1. The van der Waals surface area contributed by atoms with E-state index in [1.807, 2.05) is 0 Å². The predicted octanol–water partition coefficient (Wildman–Crippen LogP) is 0.134. The number of nitrogens with two attached hydrogens (primary N) is 1. The Morgan fingerprint density at radius 2 is 2.30 bits per heavy atom. The maximum atomic E-state index is 10.1. The number of amides is 1. The van der Waals surface area contributed by atoms with Crippen LogP contribution in [0.4, 0.5) is 4.79 Å². The topological polar surface area (TPSA) is 75.3 Å². The number of nitrogens with one attached hydrogen (secondary N) is 1. The van der Waals surface area contributed by atoms with E-state index in [-0.39, 0.29) is 12.1 Å². The summed E-state index contributed by atoms with van der Waals surface area (Å²) >= 11 is 0. The minimum absolute atomic E-state index is 0.0162. The van der Waals surface area contributed by atoms with Crippen LogP contribution in [0.15, 0.2) is 0 Å². The molecule has 0 aromatic carbocycles. The summed E-state index contributed by atoms with van der Waals surface area (Å²) in [6, 6.07) is 0.00796. The molecule has 0 aliphatic heterocycles. The molecule has 1 rings (SSSR count). The monoisotopic (exact) mass is 144 g/mol. The summed E-state index contributed by atoms with van der Waals surface area (Å²) in [5.74, 6) is 0. The lowest BCUT2D eigenvalue weighted by molar-refractivity contribution is 0.189. The Labute approximate surface area is 59.4 Å². The summed E-state index contributed by atoms with van der Waals surface area (Å²) in [7, 11) is 0. The average Bonchev–Trinajstić information content (AvgIpc) is 2.15. The zero-order chi connectivity index (χ0) is 7.56. The zero-order valence-electron chi connectivity index (χ0n) is 5.71. The van der Waals surface area contributed by atoms with Crippen molar-refractivity contribution >= 4 is 6.09 Å². The number of carbonyl (C=O) groups is 1. The van der Waals surface area contributed by atoms with Gasteiger partial charge in [0.1, 0.15) is 0 Å².